The van der Waals surface area contributed by atoms with E-state index in [9.17, 15) is 18.0 Å². The molecule has 2 aromatic carbocycles. The smallest absolute Gasteiger partial charge is 0.242 e. The quantitative estimate of drug-likeness (QED) is 0.391. The Morgan fingerprint density at radius 2 is 1.83 bits per heavy atom. The van der Waals surface area contributed by atoms with E-state index in [4.69, 9.17) is 27.9 Å². The second-order valence-electron chi connectivity index (χ2n) is 8.33. The van der Waals surface area contributed by atoms with E-state index in [1.165, 1.54) is 16.3 Å². The molecule has 0 aliphatic carbocycles. The molecule has 0 aliphatic heterocycles. The fourth-order valence-corrected chi connectivity index (χ4v) is 5.07. The van der Waals surface area contributed by atoms with Crippen LogP contribution in [-0.2, 0) is 26.2 Å². The van der Waals surface area contributed by atoms with Crippen LogP contribution in [0.3, 0.4) is 0 Å². The van der Waals surface area contributed by atoms with Crippen molar-refractivity contribution >= 4 is 50.7 Å². The number of nitrogens with one attached hydrogen (secondary N) is 1. The molecule has 2 rings (SSSR count). The Bertz CT molecular complexity index is 1160. The normalized spacial score (nSPS) is 12.1. The van der Waals surface area contributed by atoms with Crippen LogP contribution < -0.4 is 14.4 Å². The minimum absolute atomic E-state index is 0.0256. The van der Waals surface area contributed by atoms with Crippen molar-refractivity contribution < 1.29 is 22.7 Å². The van der Waals surface area contributed by atoms with Gasteiger partial charge in [0.1, 0.15) is 11.8 Å². The Balaban J connectivity index is 2.22. The van der Waals surface area contributed by atoms with Gasteiger partial charge in [-0.2, -0.15) is 0 Å². The van der Waals surface area contributed by atoms with Gasteiger partial charge in [0.2, 0.25) is 21.8 Å². The van der Waals surface area contributed by atoms with Crippen LogP contribution in [0.4, 0.5) is 5.69 Å². The van der Waals surface area contributed by atoms with E-state index in [0.717, 1.165) is 12.7 Å². The van der Waals surface area contributed by atoms with Crippen molar-refractivity contribution in [3.63, 3.8) is 0 Å². The molecule has 0 saturated heterocycles. The SMILES string of the molecule is CCCNC(=O)[C@H](C)N(Cc1ccc(Cl)cc1Cl)C(=O)CCCN(c1ccccc1OC)S(C)(=O)=O. The van der Waals surface area contributed by atoms with Crippen molar-refractivity contribution in [3.05, 3.63) is 58.1 Å². The number of methoxy groups -OCH3 is 1. The lowest BCUT2D eigenvalue weighted by Crippen LogP contribution is -2.48. The molecule has 11 heteroatoms. The lowest BCUT2D eigenvalue weighted by Gasteiger charge is -2.30. The molecular formula is C25H33Cl2N3O5S. The number of halogens is 2. The summed E-state index contributed by atoms with van der Waals surface area (Å²) in [5.41, 5.74) is 1.04. The fraction of sp³-hybridized carbons (Fsp3) is 0.440. The molecule has 0 radical (unpaired) electrons. The van der Waals surface area contributed by atoms with E-state index >= 15 is 0 Å². The van der Waals surface area contributed by atoms with Gasteiger partial charge in [0, 0.05) is 36.1 Å². The maximum atomic E-state index is 13.3. The number of hydrogen-bond donors (Lipinski definition) is 1. The average Bonchev–Trinajstić information content (AvgIpc) is 2.83. The molecule has 0 bridgehead atoms. The van der Waals surface area contributed by atoms with Gasteiger partial charge < -0.3 is 15.0 Å². The van der Waals surface area contributed by atoms with Crippen molar-refractivity contribution in [1.82, 2.24) is 10.2 Å². The van der Waals surface area contributed by atoms with E-state index in [2.05, 4.69) is 5.32 Å². The number of anilines is 1. The summed E-state index contributed by atoms with van der Waals surface area (Å²) >= 11 is 12.3. The Labute approximate surface area is 223 Å². The number of hydrogen-bond acceptors (Lipinski definition) is 5. The number of nitrogens with zero attached hydrogens (tertiary/aromatic N) is 2. The summed E-state index contributed by atoms with van der Waals surface area (Å²) in [5, 5.41) is 3.67. The average molecular weight is 559 g/mol. The molecule has 8 nitrogen and oxygen atoms in total. The number of carbonyl (C=O) groups excluding carboxylic acids is 2. The Hall–Kier alpha value is -2.49. The highest BCUT2D eigenvalue weighted by Gasteiger charge is 2.27. The summed E-state index contributed by atoms with van der Waals surface area (Å²) in [6, 6.07) is 11.0. The maximum Gasteiger partial charge on any atom is 0.242 e. The van der Waals surface area contributed by atoms with E-state index < -0.39 is 16.1 Å². The third-order valence-corrected chi connectivity index (χ3v) is 7.35. The maximum absolute atomic E-state index is 13.3. The number of amides is 2. The summed E-state index contributed by atoms with van der Waals surface area (Å²) in [5.74, 6) is -0.162. The molecule has 1 atom stereocenters. The van der Waals surface area contributed by atoms with Crippen molar-refractivity contribution in [2.24, 2.45) is 0 Å². The van der Waals surface area contributed by atoms with Crippen LogP contribution >= 0.6 is 23.2 Å². The predicted octanol–water partition coefficient (Wildman–Crippen LogP) is 4.49. The van der Waals surface area contributed by atoms with Gasteiger partial charge in [0.15, 0.2) is 0 Å². The molecule has 0 aromatic heterocycles. The summed E-state index contributed by atoms with van der Waals surface area (Å²) in [6.07, 6.45) is 2.13. The largest absolute Gasteiger partial charge is 0.495 e. The number of ether oxygens (including phenoxy) is 1. The van der Waals surface area contributed by atoms with Crippen molar-refractivity contribution in [3.8, 4) is 5.75 Å². The summed E-state index contributed by atoms with van der Waals surface area (Å²) < 4.78 is 31.6. The van der Waals surface area contributed by atoms with Gasteiger partial charge in [-0.25, -0.2) is 8.42 Å². The van der Waals surface area contributed by atoms with E-state index in [-0.39, 0.29) is 37.7 Å². The zero-order valence-corrected chi connectivity index (χ0v) is 23.3. The second kappa shape index (κ2) is 13.7. The van der Waals surface area contributed by atoms with E-state index in [1.54, 1.807) is 49.4 Å². The third-order valence-electron chi connectivity index (χ3n) is 5.58. The predicted molar refractivity (Wildman–Crippen MR) is 144 cm³/mol. The number of sulfonamides is 1. The molecule has 198 valence electrons. The molecule has 2 aromatic rings. The van der Waals surface area contributed by atoms with Crippen LogP contribution in [0.5, 0.6) is 5.75 Å². The number of benzene rings is 2. The highest BCUT2D eigenvalue weighted by Crippen LogP contribution is 2.30. The minimum atomic E-state index is -3.63. The zero-order valence-electron chi connectivity index (χ0n) is 21.0. The lowest BCUT2D eigenvalue weighted by atomic mass is 10.1. The van der Waals surface area contributed by atoms with Crippen molar-refractivity contribution in [1.29, 1.82) is 0 Å². The number of rotatable bonds is 13. The first-order chi connectivity index (χ1) is 17.0. The van der Waals surface area contributed by atoms with E-state index in [1.807, 2.05) is 6.92 Å². The van der Waals surface area contributed by atoms with Crippen LogP contribution in [0.2, 0.25) is 10.0 Å². The Morgan fingerprint density at radius 1 is 1.14 bits per heavy atom. The first kappa shape index (κ1) is 29.7. The van der Waals surface area contributed by atoms with Gasteiger partial charge in [-0.3, -0.25) is 13.9 Å². The van der Waals surface area contributed by atoms with Gasteiger partial charge in [0.25, 0.3) is 0 Å². The van der Waals surface area contributed by atoms with Crippen LogP contribution in [0, 0.1) is 0 Å². The summed E-state index contributed by atoms with van der Waals surface area (Å²) in [4.78, 5) is 27.5. The van der Waals surface area contributed by atoms with Gasteiger partial charge in [-0.05, 0) is 49.6 Å². The van der Waals surface area contributed by atoms with Gasteiger partial charge in [-0.1, -0.05) is 48.3 Å². The zero-order chi connectivity index (χ0) is 26.9. The summed E-state index contributed by atoms with van der Waals surface area (Å²) in [7, 11) is -2.17. The standard InChI is InChI=1S/C25H33Cl2N3O5S/c1-5-14-28-25(32)18(2)29(17-19-12-13-20(26)16-21(19)27)24(31)11-8-15-30(36(4,33)34)22-9-6-7-10-23(22)35-3/h6-7,9-10,12-13,16,18H,5,8,11,14-15,17H2,1-4H3,(H,28,32)/t18-/m0/s1. The molecule has 2 amide bonds. The molecule has 36 heavy (non-hydrogen) atoms. The van der Waals surface area contributed by atoms with Crippen molar-refractivity contribution in [2.45, 2.75) is 45.7 Å². The van der Waals surface area contributed by atoms with Crippen molar-refractivity contribution in [2.75, 3.05) is 30.8 Å². The highest BCUT2D eigenvalue weighted by atomic mass is 35.5. The van der Waals surface area contributed by atoms with Crippen LogP contribution in [-0.4, -0.2) is 57.6 Å². The lowest BCUT2D eigenvalue weighted by molar-refractivity contribution is -0.140. The second-order valence-corrected chi connectivity index (χ2v) is 11.1. The number of carbonyl (C=O) groups is 2. The molecule has 0 fully saturated rings. The first-order valence-corrected chi connectivity index (χ1v) is 14.2. The van der Waals surface area contributed by atoms with Crippen LogP contribution in [0.15, 0.2) is 42.5 Å². The molecule has 0 aliphatic rings. The monoisotopic (exact) mass is 557 g/mol. The van der Waals surface area contributed by atoms with Crippen LogP contribution in [0.1, 0.15) is 38.7 Å². The topological polar surface area (TPSA) is 96.0 Å². The number of para-hydroxylation sites is 2. The molecule has 0 saturated carbocycles. The molecule has 1 N–H and O–H groups in total. The highest BCUT2D eigenvalue weighted by molar-refractivity contribution is 7.92. The van der Waals surface area contributed by atoms with E-state index in [0.29, 0.717) is 33.6 Å². The van der Waals surface area contributed by atoms with Gasteiger partial charge >= 0.3 is 0 Å². The molecule has 0 unspecified atom stereocenters. The molecule has 0 spiro atoms. The molecular weight excluding hydrogens is 525 g/mol. The van der Waals surface area contributed by atoms with Gasteiger partial charge in [0.05, 0.1) is 19.1 Å². The fourth-order valence-electron chi connectivity index (χ4n) is 3.63. The summed E-state index contributed by atoms with van der Waals surface area (Å²) in [6.45, 7) is 4.27. The Morgan fingerprint density at radius 3 is 2.44 bits per heavy atom. The van der Waals surface area contributed by atoms with Crippen LogP contribution in [0.25, 0.3) is 0 Å². The third kappa shape index (κ3) is 8.28. The Kier molecular flexibility index (Phi) is 11.3. The van der Waals surface area contributed by atoms with Gasteiger partial charge in [-0.15, -0.1) is 0 Å². The molecule has 0 heterocycles. The minimum Gasteiger partial charge on any atom is -0.495 e. The first-order valence-electron chi connectivity index (χ1n) is 11.6.